The van der Waals surface area contributed by atoms with Crippen LogP contribution in [0.1, 0.15) is 16.9 Å². The summed E-state index contributed by atoms with van der Waals surface area (Å²) in [7, 11) is 1.46. The molecule has 33 heavy (non-hydrogen) atoms. The fourth-order valence-electron chi connectivity index (χ4n) is 2.98. The number of rotatable bonds is 6. The Balaban J connectivity index is 1.64. The summed E-state index contributed by atoms with van der Waals surface area (Å²) in [4.78, 5) is 15.0. The third-order valence-electron chi connectivity index (χ3n) is 4.61. The minimum absolute atomic E-state index is 0.0214. The molecule has 1 aliphatic rings. The summed E-state index contributed by atoms with van der Waals surface area (Å²) in [6.45, 7) is 0.183. The number of benzene rings is 2. The summed E-state index contributed by atoms with van der Waals surface area (Å²) in [5.74, 6) is 0.705. The van der Waals surface area contributed by atoms with E-state index < -0.39 is 0 Å². The minimum Gasteiger partial charge on any atom is -0.507 e. The molecule has 0 atom stereocenters. The highest BCUT2D eigenvalue weighted by atomic mass is 79.9. The molecule has 0 radical (unpaired) electrons. The van der Waals surface area contributed by atoms with E-state index in [0.29, 0.717) is 32.7 Å². The number of phenols is 2. The fraction of sp³-hybridized carbons (Fsp3) is 0.0870. The van der Waals surface area contributed by atoms with Crippen LogP contribution in [-0.4, -0.2) is 39.5 Å². The van der Waals surface area contributed by atoms with E-state index in [4.69, 9.17) is 9.15 Å². The molecule has 0 spiro atoms. The Morgan fingerprint density at radius 3 is 2.76 bits per heavy atom. The molecule has 168 valence electrons. The van der Waals surface area contributed by atoms with E-state index in [2.05, 4.69) is 26.1 Å². The quantitative estimate of drug-likeness (QED) is 0.266. The summed E-state index contributed by atoms with van der Waals surface area (Å²) in [5, 5.41) is 28.6. The lowest BCUT2D eigenvalue weighted by Gasteiger charge is -2.12. The first kappa shape index (κ1) is 22.7. The highest BCUT2D eigenvalue weighted by Gasteiger charge is 2.34. The molecule has 1 amide bonds. The molecule has 1 aromatic heterocycles. The van der Waals surface area contributed by atoms with Gasteiger partial charge in [0.1, 0.15) is 11.5 Å². The molecule has 8 nitrogen and oxygen atoms in total. The van der Waals surface area contributed by atoms with Crippen LogP contribution in [0.3, 0.4) is 0 Å². The average molecular weight is 528 g/mol. The number of nitrogens with zero attached hydrogens (tertiary/aromatic N) is 3. The van der Waals surface area contributed by atoms with Gasteiger partial charge < -0.3 is 19.4 Å². The predicted octanol–water partition coefficient (Wildman–Crippen LogP) is 4.97. The Morgan fingerprint density at radius 2 is 2.00 bits per heavy atom. The SMILES string of the molecule is COc1cc(/C=N/N=C2\S/C(=C\c3cc(Br)ccc3O)C(=O)N2Cc2ccco2)ccc1O. The van der Waals surface area contributed by atoms with Crippen molar-refractivity contribution in [3.05, 3.63) is 81.1 Å². The van der Waals surface area contributed by atoms with Crippen LogP contribution in [0.5, 0.6) is 17.2 Å². The van der Waals surface area contributed by atoms with Gasteiger partial charge in [0.15, 0.2) is 16.7 Å². The molecule has 0 aliphatic carbocycles. The summed E-state index contributed by atoms with van der Waals surface area (Å²) < 4.78 is 11.3. The maximum atomic E-state index is 13.1. The number of aromatic hydroxyl groups is 2. The Hall–Kier alpha value is -3.50. The first-order valence-electron chi connectivity index (χ1n) is 9.65. The van der Waals surface area contributed by atoms with Crippen molar-refractivity contribution in [2.24, 2.45) is 10.2 Å². The van der Waals surface area contributed by atoms with Crippen molar-refractivity contribution in [2.45, 2.75) is 6.54 Å². The molecule has 2 heterocycles. The van der Waals surface area contributed by atoms with Crippen LogP contribution < -0.4 is 4.74 Å². The normalized spacial score (nSPS) is 16.4. The number of ether oxygens (including phenoxy) is 1. The predicted molar refractivity (Wildman–Crippen MR) is 130 cm³/mol. The Morgan fingerprint density at radius 1 is 1.18 bits per heavy atom. The first-order valence-corrected chi connectivity index (χ1v) is 11.3. The van der Waals surface area contributed by atoms with E-state index >= 15 is 0 Å². The van der Waals surface area contributed by atoms with Crippen LogP contribution in [-0.2, 0) is 11.3 Å². The summed E-state index contributed by atoms with van der Waals surface area (Å²) in [6, 6.07) is 13.3. The van der Waals surface area contributed by atoms with Gasteiger partial charge in [0.25, 0.3) is 5.91 Å². The summed E-state index contributed by atoms with van der Waals surface area (Å²) in [6.07, 6.45) is 4.64. The lowest BCUT2D eigenvalue weighted by molar-refractivity contribution is -0.122. The number of carbonyl (C=O) groups excluding carboxylic acids is 1. The number of halogens is 1. The van der Waals surface area contributed by atoms with Crippen LogP contribution in [0.4, 0.5) is 0 Å². The number of carbonyl (C=O) groups is 1. The molecule has 4 rings (SSSR count). The number of furan rings is 1. The van der Waals surface area contributed by atoms with Gasteiger partial charge in [-0.25, -0.2) is 0 Å². The van der Waals surface area contributed by atoms with Crippen LogP contribution in [0.15, 0.2) is 78.8 Å². The van der Waals surface area contributed by atoms with Crippen molar-refractivity contribution >= 4 is 51.1 Å². The van der Waals surface area contributed by atoms with E-state index in [0.717, 1.165) is 16.2 Å². The third kappa shape index (κ3) is 5.29. The van der Waals surface area contributed by atoms with Crippen molar-refractivity contribution in [3.63, 3.8) is 0 Å². The number of methoxy groups -OCH3 is 1. The molecule has 1 aliphatic heterocycles. The van der Waals surface area contributed by atoms with Gasteiger partial charge in [-0.15, -0.1) is 5.10 Å². The van der Waals surface area contributed by atoms with Gasteiger partial charge in [-0.1, -0.05) is 15.9 Å². The van der Waals surface area contributed by atoms with E-state index in [1.165, 1.54) is 30.6 Å². The number of amides is 1. The second-order valence-electron chi connectivity index (χ2n) is 6.84. The van der Waals surface area contributed by atoms with Gasteiger partial charge in [-0.3, -0.25) is 9.69 Å². The second-order valence-corrected chi connectivity index (χ2v) is 8.77. The van der Waals surface area contributed by atoms with Crippen molar-refractivity contribution < 1.29 is 24.2 Å². The Bertz CT molecular complexity index is 1270. The molecule has 0 unspecified atom stereocenters. The van der Waals surface area contributed by atoms with Gasteiger partial charge >= 0.3 is 0 Å². The molecule has 0 bridgehead atoms. The maximum absolute atomic E-state index is 13.1. The first-order chi connectivity index (χ1) is 15.9. The molecule has 2 N–H and O–H groups in total. The minimum atomic E-state index is -0.281. The van der Waals surface area contributed by atoms with Gasteiger partial charge in [0.05, 0.1) is 31.0 Å². The van der Waals surface area contributed by atoms with Crippen LogP contribution in [0.2, 0.25) is 0 Å². The molecule has 2 aromatic carbocycles. The zero-order valence-corrected chi connectivity index (χ0v) is 19.7. The van der Waals surface area contributed by atoms with Crippen LogP contribution in [0.25, 0.3) is 6.08 Å². The van der Waals surface area contributed by atoms with Gasteiger partial charge in [-0.05, 0) is 71.9 Å². The highest BCUT2D eigenvalue weighted by Crippen LogP contribution is 2.36. The third-order valence-corrected chi connectivity index (χ3v) is 6.10. The largest absolute Gasteiger partial charge is 0.507 e. The topological polar surface area (TPSA) is 108 Å². The van der Waals surface area contributed by atoms with E-state index in [1.807, 2.05) is 0 Å². The summed E-state index contributed by atoms with van der Waals surface area (Å²) >= 11 is 4.52. The number of thioether (sulfide) groups is 1. The van der Waals surface area contributed by atoms with Crippen molar-refractivity contribution in [1.82, 2.24) is 4.90 Å². The highest BCUT2D eigenvalue weighted by molar-refractivity contribution is 9.10. The molecular weight excluding hydrogens is 510 g/mol. The Labute approximate surface area is 202 Å². The number of hydrogen-bond donors (Lipinski definition) is 2. The van der Waals surface area contributed by atoms with Gasteiger partial charge in [0.2, 0.25) is 0 Å². The summed E-state index contributed by atoms with van der Waals surface area (Å²) in [5.41, 5.74) is 1.16. The molecule has 3 aromatic rings. The smallest absolute Gasteiger partial charge is 0.267 e. The molecular formula is C23H18BrN3O5S. The fourth-order valence-corrected chi connectivity index (χ4v) is 4.29. The van der Waals surface area contributed by atoms with Crippen LogP contribution >= 0.6 is 27.7 Å². The zero-order chi connectivity index (χ0) is 23.4. The Kier molecular flexibility index (Phi) is 6.85. The maximum Gasteiger partial charge on any atom is 0.267 e. The molecule has 1 fully saturated rings. The van der Waals surface area contributed by atoms with Crippen molar-refractivity contribution in [2.75, 3.05) is 7.11 Å². The number of hydrogen-bond acceptors (Lipinski definition) is 8. The molecule has 10 heteroatoms. The van der Waals surface area contributed by atoms with Crippen LogP contribution in [0, 0.1) is 0 Å². The second kappa shape index (κ2) is 9.97. The number of phenolic OH excluding ortho intramolecular Hbond substituents is 2. The van der Waals surface area contributed by atoms with Crippen molar-refractivity contribution in [3.8, 4) is 17.2 Å². The van der Waals surface area contributed by atoms with E-state index in [9.17, 15) is 15.0 Å². The standard InChI is InChI=1S/C23H18BrN3O5S/c1-31-20-9-14(4-6-19(20)29)12-25-26-23-27(13-17-3-2-8-32-17)22(30)21(33-23)11-15-10-16(24)5-7-18(15)28/h2-12,28-29H,13H2,1H3/b21-11-,25-12+,26-23-. The van der Waals surface area contributed by atoms with Gasteiger partial charge in [0, 0.05) is 10.0 Å². The zero-order valence-electron chi connectivity index (χ0n) is 17.3. The van der Waals surface area contributed by atoms with Gasteiger partial charge in [-0.2, -0.15) is 5.10 Å². The van der Waals surface area contributed by atoms with E-state index in [-0.39, 0.29) is 24.0 Å². The van der Waals surface area contributed by atoms with E-state index in [1.54, 1.807) is 48.5 Å². The average Bonchev–Trinajstić information content (AvgIpc) is 3.42. The number of amidine groups is 1. The molecule has 0 saturated carbocycles. The monoisotopic (exact) mass is 527 g/mol. The lowest BCUT2D eigenvalue weighted by Crippen LogP contribution is -2.28. The lowest BCUT2D eigenvalue weighted by atomic mass is 10.2. The van der Waals surface area contributed by atoms with Crippen molar-refractivity contribution in [1.29, 1.82) is 0 Å². The molecule has 1 saturated heterocycles.